The molecule has 20 heavy (non-hydrogen) atoms. The molecule has 1 heterocycles. The third-order valence-corrected chi connectivity index (χ3v) is 3.23. The molecule has 8 heteroatoms. The zero-order valence-corrected chi connectivity index (χ0v) is 10.4. The first-order valence-electron chi connectivity index (χ1n) is 5.74. The SMILES string of the molecule is COc1cc(F)c(C2CNC(=O)[C@H]2C(=O)NO)c(F)c1. The van der Waals surface area contributed by atoms with Crippen molar-refractivity contribution in [1.29, 1.82) is 0 Å². The molecule has 1 fully saturated rings. The fourth-order valence-electron chi connectivity index (χ4n) is 2.29. The van der Waals surface area contributed by atoms with E-state index in [0.29, 0.717) is 0 Å². The quantitative estimate of drug-likeness (QED) is 0.424. The van der Waals surface area contributed by atoms with Crippen LogP contribution in [0, 0.1) is 17.6 Å². The summed E-state index contributed by atoms with van der Waals surface area (Å²) in [6.45, 7) is -0.100. The van der Waals surface area contributed by atoms with E-state index in [1.54, 1.807) is 0 Å². The van der Waals surface area contributed by atoms with Crippen LogP contribution in [0.3, 0.4) is 0 Å². The number of hydrogen-bond acceptors (Lipinski definition) is 4. The molecule has 1 saturated heterocycles. The van der Waals surface area contributed by atoms with Crippen LogP contribution < -0.4 is 15.5 Å². The van der Waals surface area contributed by atoms with E-state index in [1.165, 1.54) is 12.6 Å². The number of amides is 2. The van der Waals surface area contributed by atoms with Crippen molar-refractivity contribution in [3.8, 4) is 5.75 Å². The number of methoxy groups -OCH3 is 1. The maximum absolute atomic E-state index is 14.0. The van der Waals surface area contributed by atoms with Crippen LogP contribution in [-0.4, -0.2) is 30.7 Å². The molecule has 108 valence electrons. The number of benzene rings is 1. The zero-order valence-electron chi connectivity index (χ0n) is 10.4. The van der Waals surface area contributed by atoms with Crippen molar-refractivity contribution >= 4 is 11.8 Å². The van der Waals surface area contributed by atoms with Crippen LogP contribution in [0.25, 0.3) is 0 Å². The summed E-state index contributed by atoms with van der Waals surface area (Å²) in [6.07, 6.45) is 0. The van der Waals surface area contributed by atoms with Crippen LogP contribution in [0.1, 0.15) is 11.5 Å². The summed E-state index contributed by atoms with van der Waals surface area (Å²) in [5, 5.41) is 11.0. The van der Waals surface area contributed by atoms with Gasteiger partial charge in [0.2, 0.25) is 5.91 Å². The number of ether oxygens (including phenoxy) is 1. The van der Waals surface area contributed by atoms with Gasteiger partial charge in [-0.25, -0.2) is 14.3 Å². The summed E-state index contributed by atoms with van der Waals surface area (Å²) in [7, 11) is 1.26. The summed E-state index contributed by atoms with van der Waals surface area (Å²) in [5.74, 6) is -5.99. The topological polar surface area (TPSA) is 87.7 Å². The van der Waals surface area contributed by atoms with Crippen molar-refractivity contribution in [2.75, 3.05) is 13.7 Å². The third kappa shape index (κ3) is 2.29. The molecule has 1 aromatic rings. The van der Waals surface area contributed by atoms with Gasteiger partial charge < -0.3 is 10.1 Å². The Labute approximate surface area is 112 Å². The smallest absolute Gasteiger partial charge is 0.256 e. The first-order chi connectivity index (χ1) is 9.49. The van der Waals surface area contributed by atoms with E-state index in [-0.39, 0.29) is 12.3 Å². The van der Waals surface area contributed by atoms with Crippen molar-refractivity contribution in [2.24, 2.45) is 5.92 Å². The van der Waals surface area contributed by atoms with Crippen LogP contribution in [0.4, 0.5) is 8.78 Å². The molecular formula is C12H12F2N2O4. The van der Waals surface area contributed by atoms with Gasteiger partial charge in [0, 0.05) is 30.2 Å². The Kier molecular flexibility index (Phi) is 3.84. The van der Waals surface area contributed by atoms with E-state index in [4.69, 9.17) is 9.94 Å². The third-order valence-electron chi connectivity index (χ3n) is 3.23. The summed E-state index contributed by atoms with van der Waals surface area (Å²) in [6, 6.07) is 1.93. The molecule has 1 aliphatic rings. The molecule has 0 spiro atoms. The van der Waals surface area contributed by atoms with Gasteiger partial charge in [0.1, 0.15) is 23.3 Å². The van der Waals surface area contributed by atoms with Gasteiger partial charge in [-0.3, -0.25) is 14.8 Å². The lowest BCUT2D eigenvalue weighted by Crippen LogP contribution is -2.35. The van der Waals surface area contributed by atoms with E-state index >= 15 is 0 Å². The second-order valence-electron chi connectivity index (χ2n) is 4.31. The van der Waals surface area contributed by atoms with Crippen LogP contribution in [0.2, 0.25) is 0 Å². The lowest BCUT2D eigenvalue weighted by atomic mass is 9.87. The van der Waals surface area contributed by atoms with E-state index in [2.05, 4.69) is 5.32 Å². The predicted molar refractivity (Wildman–Crippen MR) is 62.1 cm³/mol. The number of hydroxylamine groups is 1. The second-order valence-corrected chi connectivity index (χ2v) is 4.31. The van der Waals surface area contributed by atoms with Gasteiger partial charge in [-0.05, 0) is 0 Å². The molecular weight excluding hydrogens is 274 g/mol. The molecule has 1 unspecified atom stereocenters. The summed E-state index contributed by atoms with van der Waals surface area (Å²) < 4.78 is 32.7. The van der Waals surface area contributed by atoms with Crippen molar-refractivity contribution in [1.82, 2.24) is 10.8 Å². The van der Waals surface area contributed by atoms with Crippen molar-refractivity contribution in [3.05, 3.63) is 29.3 Å². The molecule has 2 atom stereocenters. The average Bonchev–Trinajstić information content (AvgIpc) is 2.78. The van der Waals surface area contributed by atoms with Gasteiger partial charge in [-0.1, -0.05) is 0 Å². The van der Waals surface area contributed by atoms with Gasteiger partial charge in [-0.2, -0.15) is 0 Å². The maximum Gasteiger partial charge on any atom is 0.256 e. The van der Waals surface area contributed by atoms with Gasteiger partial charge in [-0.15, -0.1) is 0 Å². The Bertz CT molecular complexity index is 541. The molecule has 0 aromatic heterocycles. The Morgan fingerprint density at radius 2 is 2.05 bits per heavy atom. The highest BCUT2D eigenvalue weighted by molar-refractivity contribution is 6.02. The molecule has 1 aliphatic heterocycles. The van der Waals surface area contributed by atoms with Crippen molar-refractivity contribution in [2.45, 2.75) is 5.92 Å². The molecule has 0 aliphatic carbocycles. The van der Waals surface area contributed by atoms with Crippen LogP contribution in [0.5, 0.6) is 5.75 Å². The average molecular weight is 286 g/mol. The summed E-state index contributed by atoms with van der Waals surface area (Å²) >= 11 is 0. The number of carbonyl (C=O) groups is 2. The van der Waals surface area contributed by atoms with Gasteiger partial charge in [0.05, 0.1) is 7.11 Å². The minimum atomic E-state index is -1.39. The Hall–Kier alpha value is -2.22. The summed E-state index contributed by atoms with van der Waals surface area (Å²) in [4.78, 5) is 23.0. The van der Waals surface area contributed by atoms with Crippen molar-refractivity contribution < 1.29 is 28.3 Å². The summed E-state index contributed by atoms with van der Waals surface area (Å²) in [5.41, 5.74) is 0.938. The van der Waals surface area contributed by atoms with Crippen LogP contribution >= 0.6 is 0 Å². The number of rotatable bonds is 3. The van der Waals surface area contributed by atoms with Gasteiger partial charge in [0.15, 0.2) is 0 Å². The Morgan fingerprint density at radius 3 is 2.55 bits per heavy atom. The minimum absolute atomic E-state index is 0.0100. The molecule has 6 nitrogen and oxygen atoms in total. The normalized spacial score (nSPS) is 21.5. The monoisotopic (exact) mass is 286 g/mol. The first kappa shape index (κ1) is 14.2. The fourth-order valence-corrected chi connectivity index (χ4v) is 2.29. The van der Waals surface area contributed by atoms with Gasteiger partial charge in [0.25, 0.3) is 5.91 Å². The Balaban J connectivity index is 2.45. The van der Waals surface area contributed by atoms with E-state index < -0.39 is 40.8 Å². The molecule has 2 amide bonds. The van der Waals surface area contributed by atoms with E-state index in [0.717, 1.165) is 12.1 Å². The fraction of sp³-hybridized carbons (Fsp3) is 0.333. The Morgan fingerprint density at radius 1 is 1.45 bits per heavy atom. The maximum atomic E-state index is 14.0. The highest BCUT2D eigenvalue weighted by Crippen LogP contribution is 2.34. The van der Waals surface area contributed by atoms with Crippen LogP contribution in [0.15, 0.2) is 12.1 Å². The molecule has 2 rings (SSSR count). The zero-order chi connectivity index (χ0) is 14.9. The van der Waals surface area contributed by atoms with Gasteiger partial charge >= 0.3 is 0 Å². The number of hydrogen-bond donors (Lipinski definition) is 3. The standard InChI is InChI=1S/C12H12F2N2O4/c1-20-5-2-7(13)9(8(14)3-5)6-4-15-11(17)10(6)12(18)16-19/h2-3,6,10,19H,4H2,1H3,(H,15,17)(H,16,18)/t6?,10-/m0/s1. The largest absolute Gasteiger partial charge is 0.497 e. The van der Waals surface area contributed by atoms with E-state index in [9.17, 15) is 18.4 Å². The first-order valence-corrected chi connectivity index (χ1v) is 5.74. The van der Waals surface area contributed by atoms with Crippen LogP contribution in [-0.2, 0) is 9.59 Å². The predicted octanol–water partition coefficient (Wildman–Crippen LogP) is 0.308. The van der Waals surface area contributed by atoms with E-state index in [1.807, 2.05) is 0 Å². The number of halogens is 2. The minimum Gasteiger partial charge on any atom is -0.497 e. The second kappa shape index (κ2) is 5.41. The number of nitrogens with one attached hydrogen (secondary N) is 2. The molecule has 1 aromatic carbocycles. The number of carbonyl (C=O) groups excluding carboxylic acids is 2. The molecule has 0 saturated carbocycles. The molecule has 0 bridgehead atoms. The molecule has 3 N–H and O–H groups in total. The lowest BCUT2D eigenvalue weighted by molar-refractivity contribution is -0.139. The lowest BCUT2D eigenvalue weighted by Gasteiger charge is -2.17. The highest BCUT2D eigenvalue weighted by Gasteiger charge is 2.43. The molecule has 0 radical (unpaired) electrons. The highest BCUT2D eigenvalue weighted by atomic mass is 19.1. The van der Waals surface area contributed by atoms with Crippen molar-refractivity contribution in [3.63, 3.8) is 0 Å².